The number of thiophene rings is 1. The molecule has 1 aliphatic heterocycles. The number of benzene rings is 1. The molecule has 154 valence electrons. The zero-order chi connectivity index (χ0) is 21.0. The van der Waals surface area contributed by atoms with Gasteiger partial charge in [0.15, 0.2) is 6.61 Å². The van der Waals surface area contributed by atoms with E-state index in [1.165, 1.54) is 7.11 Å². The molecule has 1 saturated heterocycles. The lowest BCUT2D eigenvalue weighted by atomic mass is 10.1. The van der Waals surface area contributed by atoms with Gasteiger partial charge in [0.25, 0.3) is 11.8 Å². The van der Waals surface area contributed by atoms with Crippen LogP contribution in [0.3, 0.4) is 0 Å². The Labute approximate surface area is 173 Å². The van der Waals surface area contributed by atoms with Gasteiger partial charge in [-0.25, -0.2) is 4.79 Å². The lowest BCUT2D eigenvalue weighted by molar-refractivity contribution is -0.118. The predicted octanol–water partition coefficient (Wildman–Crippen LogP) is 3.41. The molecule has 1 aromatic carbocycles. The first-order valence-corrected chi connectivity index (χ1v) is 10.2. The van der Waals surface area contributed by atoms with Crippen LogP contribution in [0.5, 0.6) is 5.75 Å². The van der Waals surface area contributed by atoms with Crippen molar-refractivity contribution in [2.45, 2.75) is 26.7 Å². The highest BCUT2D eigenvalue weighted by Crippen LogP contribution is 2.35. The van der Waals surface area contributed by atoms with Crippen molar-refractivity contribution < 1.29 is 23.9 Å². The maximum atomic E-state index is 12.8. The molecule has 1 fully saturated rings. The number of likely N-dealkylation sites (tertiary alicyclic amines) is 1. The first kappa shape index (κ1) is 20.9. The van der Waals surface area contributed by atoms with E-state index in [4.69, 9.17) is 9.47 Å². The molecular weight excluding hydrogens is 392 g/mol. The van der Waals surface area contributed by atoms with E-state index in [2.05, 4.69) is 5.32 Å². The highest BCUT2D eigenvalue weighted by atomic mass is 32.1. The van der Waals surface area contributed by atoms with Crippen molar-refractivity contribution in [2.24, 2.45) is 0 Å². The van der Waals surface area contributed by atoms with E-state index in [1.54, 1.807) is 17.9 Å². The second kappa shape index (κ2) is 9.09. The van der Waals surface area contributed by atoms with Crippen LogP contribution in [0.15, 0.2) is 24.3 Å². The zero-order valence-corrected chi connectivity index (χ0v) is 17.6. The Morgan fingerprint density at radius 2 is 1.83 bits per heavy atom. The molecule has 0 spiro atoms. The fourth-order valence-corrected chi connectivity index (χ4v) is 4.42. The number of hydrogen-bond acceptors (Lipinski definition) is 6. The van der Waals surface area contributed by atoms with Gasteiger partial charge in [0.05, 0.1) is 17.6 Å². The second-order valence-electron chi connectivity index (χ2n) is 6.85. The molecule has 2 amide bonds. The Morgan fingerprint density at radius 1 is 1.14 bits per heavy atom. The Kier molecular flexibility index (Phi) is 6.53. The molecule has 2 aromatic rings. The van der Waals surface area contributed by atoms with Gasteiger partial charge >= 0.3 is 5.97 Å². The van der Waals surface area contributed by atoms with E-state index < -0.39 is 11.9 Å². The minimum Gasteiger partial charge on any atom is -0.483 e. The van der Waals surface area contributed by atoms with Crippen molar-refractivity contribution >= 4 is 34.1 Å². The van der Waals surface area contributed by atoms with Crippen LogP contribution in [-0.4, -0.2) is 49.5 Å². The van der Waals surface area contributed by atoms with Crippen LogP contribution in [0.2, 0.25) is 0 Å². The van der Waals surface area contributed by atoms with Gasteiger partial charge in [-0.2, -0.15) is 0 Å². The molecule has 1 aliphatic rings. The van der Waals surface area contributed by atoms with Crippen LogP contribution in [0, 0.1) is 13.8 Å². The highest BCUT2D eigenvalue weighted by molar-refractivity contribution is 7.18. The number of ether oxygens (including phenoxy) is 2. The molecule has 0 unspecified atom stereocenters. The van der Waals surface area contributed by atoms with Gasteiger partial charge in [0.2, 0.25) is 0 Å². The summed E-state index contributed by atoms with van der Waals surface area (Å²) >= 11 is 1.10. The van der Waals surface area contributed by atoms with Gasteiger partial charge in [0, 0.05) is 13.1 Å². The summed E-state index contributed by atoms with van der Waals surface area (Å²) in [6.07, 6.45) is 1.94. The third kappa shape index (κ3) is 4.59. The molecule has 8 heteroatoms. The van der Waals surface area contributed by atoms with Crippen molar-refractivity contribution in [3.05, 3.63) is 45.8 Å². The summed E-state index contributed by atoms with van der Waals surface area (Å²) in [4.78, 5) is 39.8. The van der Waals surface area contributed by atoms with Gasteiger partial charge in [-0.3, -0.25) is 9.59 Å². The third-order valence-corrected chi connectivity index (χ3v) is 6.02. The first-order chi connectivity index (χ1) is 13.9. The SMILES string of the molecule is COC(=O)c1c(NC(=O)COc2ccccc2C)sc(C(=O)N2CCCC2)c1C. The van der Waals surface area contributed by atoms with E-state index in [0.29, 0.717) is 34.3 Å². The number of carbonyl (C=O) groups excluding carboxylic acids is 3. The van der Waals surface area contributed by atoms with E-state index in [1.807, 2.05) is 25.1 Å². The number of anilines is 1. The summed E-state index contributed by atoms with van der Waals surface area (Å²) in [5.74, 6) is -0.510. The van der Waals surface area contributed by atoms with Gasteiger partial charge in [-0.1, -0.05) is 18.2 Å². The van der Waals surface area contributed by atoms with Crippen molar-refractivity contribution in [3.63, 3.8) is 0 Å². The van der Waals surface area contributed by atoms with Crippen molar-refractivity contribution in [3.8, 4) is 5.75 Å². The normalized spacial score (nSPS) is 13.3. The summed E-state index contributed by atoms with van der Waals surface area (Å²) in [6.45, 7) is 4.79. The van der Waals surface area contributed by atoms with Crippen LogP contribution in [0.1, 0.15) is 44.0 Å². The lowest BCUT2D eigenvalue weighted by Gasteiger charge is -2.14. The first-order valence-electron chi connectivity index (χ1n) is 9.41. The fraction of sp³-hybridized carbons (Fsp3) is 0.381. The smallest absolute Gasteiger partial charge is 0.341 e. The molecule has 1 aromatic heterocycles. The fourth-order valence-electron chi connectivity index (χ4n) is 3.24. The quantitative estimate of drug-likeness (QED) is 0.730. The number of aryl methyl sites for hydroxylation is 1. The van der Waals surface area contributed by atoms with E-state index >= 15 is 0 Å². The number of esters is 1. The molecule has 0 atom stereocenters. The number of nitrogens with zero attached hydrogens (tertiary/aromatic N) is 1. The summed E-state index contributed by atoms with van der Waals surface area (Å²) in [6, 6.07) is 7.39. The maximum absolute atomic E-state index is 12.8. The Bertz CT molecular complexity index is 931. The number of nitrogens with one attached hydrogen (secondary N) is 1. The van der Waals surface area contributed by atoms with Crippen LogP contribution < -0.4 is 10.1 Å². The number of carbonyl (C=O) groups is 3. The third-order valence-electron chi connectivity index (χ3n) is 4.83. The molecule has 3 rings (SSSR count). The van der Waals surface area contributed by atoms with Crippen molar-refractivity contribution in [1.82, 2.24) is 4.90 Å². The Morgan fingerprint density at radius 3 is 2.48 bits per heavy atom. The minimum absolute atomic E-state index is 0.119. The summed E-state index contributed by atoms with van der Waals surface area (Å²) in [7, 11) is 1.27. The number of methoxy groups -OCH3 is 1. The predicted molar refractivity (Wildman–Crippen MR) is 111 cm³/mol. The number of amides is 2. The minimum atomic E-state index is -0.589. The molecule has 0 saturated carbocycles. The van der Waals surface area contributed by atoms with Crippen LogP contribution in [0.25, 0.3) is 0 Å². The largest absolute Gasteiger partial charge is 0.483 e. The second-order valence-corrected chi connectivity index (χ2v) is 7.87. The van der Waals surface area contributed by atoms with E-state index in [9.17, 15) is 14.4 Å². The topological polar surface area (TPSA) is 84.9 Å². The highest BCUT2D eigenvalue weighted by Gasteiger charge is 2.29. The van der Waals surface area contributed by atoms with Gasteiger partial charge in [-0.05, 0) is 43.9 Å². The maximum Gasteiger partial charge on any atom is 0.341 e. The van der Waals surface area contributed by atoms with Crippen molar-refractivity contribution in [2.75, 3.05) is 32.1 Å². The van der Waals surface area contributed by atoms with Crippen LogP contribution in [0.4, 0.5) is 5.00 Å². The molecule has 1 N–H and O–H groups in total. The van der Waals surface area contributed by atoms with Gasteiger partial charge in [0.1, 0.15) is 10.8 Å². The number of hydrogen-bond donors (Lipinski definition) is 1. The summed E-state index contributed by atoms with van der Waals surface area (Å²) < 4.78 is 10.4. The monoisotopic (exact) mass is 416 g/mol. The van der Waals surface area contributed by atoms with E-state index in [-0.39, 0.29) is 18.1 Å². The van der Waals surface area contributed by atoms with Gasteiger partial charge < -0.3 is 19.7 Å². The average molecular weight is 416 g/mol. The van der Waals surface area contributed by atoms with E-state index in [0.717, 1.165) is 29.7 Å². The average Bonchev–Trinajstić information content (AvgIpc) is 3.35. The number of rotatable bonds is 6. The molecule has 2 heterocycles. The lowest BCUT2D eigenvalue weighted by Crippen LogP contribution is -2.27. The summed E-state index contributed by atoms with van der Waals surface area (Å²) in [5.41, 5.74) is 1.65. The Hall–Kier alpha value is -2.87. The Balaban J connectivity index is 1.78. The van der Waals surface area contributed by atoms with Crippen LogP contribution in [-0.2, 0) is 9.53 Å². The molecular formula is C21H24N2O5S. The molecule has 7 nitrogen and oxygen atoms in total. The van der Waals surface area contributed by atoms with Gasteiger partial charge in [-0.15, -0.1) is 11.3 Å². The van der Waals surface area contributed by atoms with Crippen LogP contribution >= 0.6 is 11.3 Å². The van der Waals surface area contributed by atoms with Crippen molar-refractivity contribution in [1.29, 1.82) is 0 Å². The molecule has 0 radical (unpaired) electrons. The standard InChI is InChI=1S/C21H24N2O5S/c1-13-8-4-5-9-15(13)28-12-16(24)22-19-17(21(26)27-3)14(2)18(29-19)20(25)23-10-6-7-11-23/h4-5,8-9H,6-7,10-12H2,1-3H3,(H,22,24). The summed E-state index contributed by atoms with van der Waals surface area (Å²) in [5, 5.41) is 3.01. The molecule has 0 bridgehead atoms. The molecule has 29 heavy (non-hydrogen) atoms. The zero-order valence-electron chi connectivity index (χ0n) is 16.7. The number of para-hydroxylation sites is 1. The molecule has 0 aliphatic carbocycles.